The Morgan fingerprint density at radius 1 is 1.27 bits per heavy atom. The average Bonchev–Trinajstić information content (AvgIpc) is 3.54. The highest BCUT2D eigenvalue weighted by Gasteiger charge is 2.49. The molecule has 6 rings (SSSR count). The Balaban J connectivity index is 1.57. The minimum Gasteiger partial charge on any atom is -0.377 e. The van der Waals surface area contributed by atoms with Crippen molar-refractivity contribution in [1.82, 2.24) is 39.9 Å². The van der Waals surface area contributed by atoms with Crippen LogP contribution in [0.5, 0.6) is 0 Å². The highest BCUT2D eigenvalue weighted by molar-refractivity contribution is 7.13. The molecule has 4 aromatic heterocycles. The second-order valence-corrected chi connectivity index (χ2v) is 8.29. The van der Waals surface area contributed by atoms with E-state index in [-0.39, 0.29) is 0 Å². The lowest BCUT2D eigenvalue weighted by atomic mass is 9.90. The van der Waals surface area contributed by atoms with Crippen LogP contribution in [0.2, 0.25) is 0 Å². The van der Waals surface area contributed by atoms with Crippen molar-refractivity contribution in [3.63, 3.8) is 0 Å². The van der Waals surface area contributed by atoms with E-state index in [4.69, 9.17) is 9.72 Å². The van der Waals surface area contributed by atoms with E-state index in [1.54, 1.807) is 23.7 Å². The molecule has 11 heteroatoms. The molecule has 0 saturated carbocycles. The summed E-state index contributed by atoms with van der Waals surface area (Å²) in [5.74, 6) is 3.18. The van der Waals surface area contributed by atoms with Gasteiger partial charge < -0.3 is 9.64 Å². The maximum atomic E-state index is 5.90. The fraction of sp³-hybridized carbons (Fsp3) is 0.368. The van der Waals surface area contributed by atoms with Crippen molar-refractivity contribution < 1.29 is 4.74 Å². The molecule has 0 aliphatic carbocycles. The third-order valence-corrected chi connectivity index (χ3v) is 6.71. The number of hydrogen-bond acceptors (Lipinski definition) is 9. The number of nitrogens with zero attached hydrogens (tertiary/aromatic N) is 8. The quantitative estimate of drug-likeness (QED) is 0.537. The molecular weight excluding hydrogens is 402 g/mol. The first-order valence-electron chi connectivity index (χ1n) is 9.82. The van der Waals surface area contributed by atoms with Gasteiger partial charge in [0, 0.05) is 18.1 Å². The number of aromatic amines is 1. The fourth-order valence-corrected chi connectivity index (χ4v) is 5.05. The number of fused-ring (bicyclic) bond motifs is 6. The number of rotatable bonds is 3. The van der Waals surface area contributed by atoms with Crippen LogP contribution < -0.4 is 4.90 Å². The lowest BCUT2D eigenvalue weighted by Gasteiger charge is -2.49. The number of aromatic nitrogens is 8. The number of anilines is 1. The SMILES string of the molecule is CC[C@@]12COCCN1c1nc(-c3cn[nH]c3-c3nccs3)ncc1-n1c(C)nnc12. The molecule has 0 unspecified atom stereocenters. The van der Waals surface area contributed by atoms with Crippen LogP contribution in [-0.2, 0) is 10.3 Å². The van der Waals surface area contributed by atoms with Gasteiger partial charge in [0.15, 0.2) is 17.5 Å². The summed E-state index contributed by atoms with van der Waals surface area (Å²) in [6.07, 6.45) is 6.21. The Labute approximate surface area is 176 Å². The van der Waals surface area contributed by atoms with Crippen LogP contribution in [0.4, 0.5) is 5.82 Å². The van der Waals surface area contributed by atoms with Crippen molar-refractivity contribution >= 4 is 17.2 Å². The van der Waals surface area contributed by atoms with Crippen LogP contribution in [0.3, 0.4) is 0 Å². The standard InChI is InChI=1S/C19H19N9OS/c1-3-19-10-29-6-5-27(19)16-13(28-11(2)24-26-18(19)28)9-21-15(23-16)12-8-22-25-14(12)17-20-4-7-30-17/h4,7-9H,3,5-6,10H2,1-2H3,(H,22,25)/t19-/m0/s1. The van der Waals surface area contributed by atoms with E-state index in [1.807, 2.05) is 18.5 Å². The maximum absolute atomic E-state index is 5.90. The van der Waals surface area contributed by atoms with Crippen LogP contribution in [0.25, 0.3) is 27.8 Å². The molecular formula is C19H19N9OS. The van der Waals surface area contributed by atoms with Crippen LogP contribution in [-0.4, -0.2) is 59.7 Å². The molecule has 0 aromatic carbocycles. The largest absolute Gasteiger partial charge is 0.377 e. The van der Waals surface area contributed by atoms with Gasteiger partial charge in [0.1, 0.15) is 27.8 Å². The minimum absolute atomic E-state index is 0.396. The topological polar surface area (TPSA) is 111 Å². The zero-order valence-corrected chi connectivity index (χ0v) is 17.3. The molecule has 10 nitrogen and oxygen atoms in total. The van der Waals surface area contributed by atoms with E-state index in [9.17, 15) is 0 Å². The number of ether oxygens (including phenoxy) is 1. The Morgan fingerprint density at radius 2 is 2.20 bits per heavy atom. The monoisotopic (exact) mass is 421 g/mol. The first kappa shape index (κ1) is 17.7. The molecule has 2 aliphatic heterocycles. The van der Waals surface area contributed by atoms with Crippen LogP contribution in [0.15, 0.2) is 24.0 Å². The molecule has 1 N–H and O–H groups in total. The number of H-pyrrole nitrogens is 1. The van der Waals surface area contributed by atoms with Crippen molar-refractivity contribution in [3.05, 3.63) is 35.6 Å². The zero-order chi connectivity index (χ0) is 20.3. The Morgan fingerprint density at radius 3 is 3.03 bits per heavy atom. The third kappa shape index (κ3) is 2.27. The summed E-state index contributed by atoms with van der Waals surface area (Å²) in [4.78, 5) is 16.4. The summed E-state index contributed by atoms with van der Waals surface area (Å²) >= 11 is 1.55. The van der Waals surface area contributed by atoms with E-state index in [0.29, 0.717) is 19.0 Å². The average molecular weight is 421 g/mol. The molecule has 152 valence electrons. The number of nitrogens with one attached hydrogen (secondary N) is 1. The lowest BCUT2D eigenvalue weighted by molar-refractivity contribution is 0.0390. The summed E-state index contributed by atoms with van der Waals surface area (Å²) in [5.41, 5.74) is 2.15. The summed E-state index contributed by atoms with van der Waals surface area (Å²) < 4.78 is 7.96. The molecule has 1 fully saturated rings. The van der Waals surface area contributed by atoms with Crippen molar-refractivity contribution in [2.24, 2.45) is 0 Å². The minimum atomic E-state index is -0.396. The van der Waals surface area contributed by atoms with Gasteiger partial charge >= 0.3 is 0 Å². The zero-order valence-electron chi connectivity index (χ0n) is 16.5. The Kier molecular flexibility index (Phi) is 3.77. The van der Waals surface area contributed by atoms with Gasteiger partial charge in [0.25, 0.3) is 0 Å². The fourth-order valence-electron chi connectivity index (χ4n) is 4.40. The van der Waals surface area contributed by atoms with Gasteiger partial charge in [0.2, 0.25) is 0 Å². The van der Waals surface area contributed by atoms with Crippen LogP contribution in [0.1, 0.15) is 25.0 Å². The van der Waals surface area contributed by atoms with E-state index >= 15 is 0 Å². The molecule has 0 bridgehead atoms. The highest BCUT2D eigenvalue weighted by Crippen LogP contribution is 2.45. The van der Waals surface area contributed by atoms with Crippen LogP contribution >= 0.6 is 11.3 Å². The molecule has 0 spiro atoms. The highest BCUT2D eigenvalue weighted by atomic mass is 32.1. The summed E-state index contributed by atoms with van der Waals surface area (Å²) in [6, 6.07) is 0. The van der Waals surface area contributed by atoms with E-state index < -0.39 is 5.54 Å². The number of hydrogen-bond donors (Lipinski definition) is 1. The van der Waals surface area contributed by atoms with Gasteiger partial charge in [-0.3, -0.25) is 9.67 Å². The number of morpholine rings is 1. The molecule has 0 radical (unpaired) electrons. The molecule has 0 amide bonds. The Bertz CT molecular complexity index is 1230. The molecule has 30 heavy (non-hydrogen) atoms. The molecule has 1 saturated heterocycles. The van der Waals surface area contributed by atoms with Gasteiger partial charge in [-0.1, -0.05) is 6.92 Å². The van der Waals surface area contributed by atoms with Gasteiger partial charge in [0.05, 0.1) is 31.2 Å². The van der Waals surface area contributed by atoms with Gasteiger partial charge in [-0.2, -0.15) is 5.10 Å². The van der Waals surface area contributed by atoms with Crippen molar-refractivity contribution in [2.75, 3.05) is 24.7 Å². The summed E-state index contributed by atoms with van der Waals surface area (Å²) in [6.45, 7) is 6.03. The predicted octanol–water partition coefficient (Wildman–Crippen LogP) is 2.33. The van der Waals surface area contributed by atoms with E-state index in [2.05, 4.69) is 46.8 Å². The van der Waals surface area contributed by atoms with Gasteiger partial charge in [-0.25, -0.2) is 15.0 Å². The molecule has 4 aromatic rings. The number of thiazole rings is 1. The van der Waals surface area contributed by atoms with Crippen molar-refractivity contribution in [2.45, 2.75) is 25.8 Å². The smallest absolute Gasteiger partial charge is 0.166 e. The van der Waals surface area contributed by atoms with Crippen molar-refractivity contribution in [1.29, 1.82) is 0 Å². The predicted molar refractivity (Wildman–Crippen MR) is 111 cm³/mol. The van der Waals surface area contributed by atoms with Gasteiger partial charge in [-0.05, 0) is 13.3 Å². The van der Waals surface area contributed by atoms with E-state index in [0.717, 1.165) is 52.4 Å². The second-order valence-electron chi connectivity index (χ2n) is 7.39. The molecule has 6 heterocycles. The third-order valence-electron chi connectivity index (χ3n) is 5.92. The Hall–Kier alpha value is -3.18. The number of aryl methyl sites for hydroxylation is 1. The lowest BCUT2D eigenvalue weighted by Crippen LogP contribution is -2.58. The first-order valence-corrected chi connectivity index (χ1v) is 10.7. The normalized spacial score (nSPS) is 20.0. The first-order chi connectivity index (χ1) is 14.7. The van der Waals surface area contributed by atoms with Crippen LogP contribution in [0, 0.1) is 6.92 Å². The molecule has 2 aliphatic rings. The van der Waals surface area contributed by atoms with Gasteiger partial charge in [-0.15, -0.1) is 21.5 Å². The van der Waals surface area contributed by atoms with Crippen molar-refractivity contribution in [3.8, 4) is 27.8 Å². The van der Waals surface area contributed by atoms with E-state index in [1.165, 1.54) is 0 Å². The summed E-state index contributed by atoms with van der Waals surface area (Å²) in [5, 5.41) is 18.9. The second kappa shape index (κ2) is 6.41. The molecule has 1 atom stereocenters. The summed E-state index contributed by atoms with van der Waals surface area (Å²) in [7, 11) is 0. The maximum Gasteiger partial charge on any atom is 0.166 e.